The second-order valence-electron chi connectivity index (χ2n) is 9.68. The number of hydrogen-bond donors (Lipinski definition) is 0. The van der Waals surface area contributed by atoms with Gasteiger partial charge in [-0.05, 0) is 49.2 Å². The molecule has 2 amide bonds. The number of anilines is 1. The average molecular weight is 471 g/mol. The van der Waals surface area contributed by atoms with Gasteiger partial charge < -0.3 is 14.5 Å². The minimum Gasteiger partial charge on any atom is -0.491 e. The highest BCUT2D eigenvalue weighted by atomic mass is 16.5. The van der Waals surface area contributed by atoms with E-state index in [0.29, 0.717) is 32.7 Å². The second kappa shape index (κ2) is 10.8. The van der Waals surface area contributed by atoms with Crippen molar-refractivity contribution in [1.29, 1.82) is 0 Å². The molecule has 0 atom stereocenters. The van der Waals surface area contributed by atoms with Gasteiger partial charge >= 0.3 is 0 Å². The van der Waals surface area contributed by atoms with Crippen molar-refractivity contribution in [2.45, 2.75) is 47.2 Å². The fourth-order valence-corrected chi connectivity index (χ4v) is 4.27. The minimum absolute atomic E-state index is 0.0787. The van der Waals surface area contributed by atoms with E-state index in [1.165, 1.54) is 5.56 Å². The van der Waals surface area contributed by atoms with E-state index in [4.69, 9.17) is 4.74 Å². The van der Waals surface area contributed by atoms with Crippen LogP contribution >= 0.6 is 0 Å². The van der Waals surface area contributed by atoms with Gasteiger partial charge in [0.2, 0.25) is 11.8 Å². The van der Waals surface area contributed by atoms with E-state index in [2.05, 4.69) is 6.07 Å². The number of nitrogens with zero attached hydrogens (tertiary/aromatic N) is 2. The van der Waals surface area contributed by atoms with Crippen molar-refractivity contribution < 1.29 is 14.3 Å². The fraction of sp³-hybridized carbons (Fsp3) is 0.333. The summed E-state index contributed by atoms with van der Waals surface area (Å²) in [6.07, 6.45) is 0.374. The first-order valence-electron chi connectivity index (χ1n) is 12.3. The molecular formula is C30H34N2O3. The molecule has 5 heteroatoms. The highest BCUT2D eigenvalue weighted by molar-refractivity contribution is 5.94. The molecule has 0 saturated heterocycles. The first kappa shape index (κ1) is 24.5. The van der Waals surface area contributed by atoms with E-state index in [-0.39, 0.29) is 17.7 Å². The standard InChI is InChI=1S/C30H34N2O3/c1-21(2)30(34)32(27-12-7-23(4)8-13-27)19-25-11-14-28-26(17-25)20-31(15-16-35-28)29(33)18-24-9-5-22(3)6-10-24/h5-14,17,21H,15-16,18-20H2,1-4H3. The second-order valence-corrected chi connectivity index (χ2v) is 9.68. The zero-order chi connectivity index (χ0) is 24.9. The summed E-state index contributed by atoms with van der Waals surface area (Å²) >= 11 is 0. The van der Waals surface area contributed by atoms with Gasteiger partial charge in [-0.3, -0.25) is 9.59 Å². The number of hydrogen-bond acceptors (Lipinski definition) is 3. The van der Waals surface area contributed by atoms with E-state index >= 15 is 0 Å². The van der Waals surface area contributed by atoms with Gasteiger partial charge in [-0.1, -0.05) is 67.4 Å². The molecule has 182 valence electrons. The van der Waals surface area contributed by atoms with Crippen molar-refractivity contribution in [2.24, 2.45) is 5.92 Å². The Hall–Kier alpha value is -3.60. The van der Waals surface area contributed by atoms with Crippen molar-refractivity contribution in [1.82, 2.24) is 4.90 Å². The zero-order valence-corrected chi connectivity index (χ0v) is 21.1. The summed E-state index contributed by atoms with van der Waals surface area (Å²) < 4.78 is 5.96. The lowest BCUT2D eigenvalue weighted by atomic mass is 10.1. The van der Waals surface area contributed by atoms with Gasteiger partial charge in [0.1, 0.15) is 12.4 Å². The average Bonchev–Trinajstić information content (AvgIpc) is 3.06. The molecule has 0 bridgehead atoms. The van der Waals surface area contributed by atoms with E-state index in [1.54, 1.807) is 0 Å². The first-order valence-corrected chi connectivity index (χ1v) is 12.3. The van der Waals surface area contributed by atoms with Crippen LogP contribution in [0, 0.1) is 19.8 Å². The van der Waals surface area contributed by atoms with Crippen LogP contribution in [-0.4, -0.2) is 29.9 Å². The Morgan fingerprint density at radius 3 is 2.20 bits per heavy atom. The molecule has 0 radical (unpaired) electrons. The number of carbonyl (C=O) groups excluding carboxylic acids is 2. The highest BCUT2D eigenvalue weighted by Crippen LogP contribution is 2.27. The van der Waals surface area contributed by atoms with Crippen molar-refractivity contribution >= 4 is 17.5 Å². The van der Waals surface area contributed by atoms with Crippen LogP contribution in [0.3, 0.4) is 0 Å². The van der Waals surface area contributed by atoms with Gasteiger partial charge in [-0.2, -0.15) is 0 Å². The monoisotopic (exact) mass is 470 g/mol. The molecule has 3 aromatic carbocycles. The molecule has 1 aliphatic heterocycles. The molecule has 1 aliphatic rings. The Bertz CT molecular complexity index is 1180. The van der Waals surface area contributed by atoms with Crippen molar-refractivity contribution in [3.63, 3.8) is 0 Å². The van der Waals surface area contributed by atoms with Crippen molar-refractivity contribution in [2.75, 3.05) is 18.1 Å². The first-order chi connectivity index (χ1) is 16.8. The van der Waals surface area contributed by atoms with Crippen LogP contribution in [0.1, 0.15) is 41.7 Å². The van der Waals surface area contributed by atoms with Crippen molar-refractivity contribution in [3.05, 3.63) is 94.5 Å². The predicted molar refractivity (Wildman–Crippen MR) is 139 cm³/mol. The number of aryl methyl sites for hydroxylation is 2. The van der Waals surface area contributed by atoms with Crippen molar-refractivity contribution in [3.8, 4) is 5.75 Å². The van der Waals surface area contributed by atoms with Crippen LogP contribution in [0.4, 0.5) is 5.69 Å². The lowest BCUT2D eigenvalue weighted by Gasteiger charge is -2.26. The van der Waals surface area contributed by atoms with Gasteiger partial charge in [-0.15, -0.1) is 0 Å². The molecular weight excluding hydrogens is 436 g/mol. The molecule has 0 fully saturated rings. The van der Waals surface area contributed by atoms with Gasteiger partial charge in [0.15, 0.2) is 0 Å². The zero-order valence-electron chi connectivity index (χ0n) is 21.1. The Morgan fingerprint density at radius 1 is 0.914 bits per heavy atom. The topological polar surface area (TPSA) is 49.9 Å². The molecule has 0 saturated carbocycles. The summed E-state index contributed by atoms with van der Waals surface area (Å²) in [5.74, 6) is 0.855. The van der Waals surface area contributed by atoms with Crippen LogP contribution < -0.4 is 9.64 Å². The third-order valence-corrected chi connectivity index (χ3v) is 6.38. The summed E-state index contributed by atoms with van der Waals surface area (Å²) in [6, 6.07) is 22.2. The van der Waals surface area contributed by atoms with Crippen LogP contribution in [-0.2, 0) is 29.1 Å². The Morgan fingerprint density at radius 2 is 1.54 bits per heavy atom. The van der Waals surface area contributed by atoms with E-state index in [9.17, 15) is 9.59 Å². The number of rotatable bonds is 6. The third kappa shape index (κ3) is 6.10. The SMILES string of the molecule is Cc1ccc(CC(=O)N2CCOc3ccc(CN(C(=O)C(C)C)c4ccc(C)cc4)cc3C2)cc1. The number of benzene rings is 3. The number of carbonyl (C=O) groups is 2. The van der Waals surface area contributed by atoms with E-state index in [1.807, 2.05) is 98.2 Å². The lowest BCUT2D eigenvalue weighted by molar-refractivity contribution is -0.131. The van der Waals surface area contributed by atoms with E-state index < -0.39 is 0 Å². The summed E-state index contributed by atoms with van der Waals surface area (Å²) in [6.45, 7) is 9.90. The smallest absolute Gasteiger partial charge is 0.229 e. The largest absolute Gasteiger partial charge is 0.491 e. The molecule has 1 heterocycles. The van der Waals surface area contributed by atoms with Crippen LogP contribution in [0.2, 0.25) is 0 Å². The Labute approximate surface area is 208 Å². The van der Waals surface area contributed by atoms with Crippen LogP contribution in [0.15, 0.2) is 66.7 Å². The van der Waals surface area contributed by atoms with Gasteiger partial charge in [-0.25, -0.2) is 0 Å². The predicted octanol–water partition coefficient (Wildman–Crippen LogP) is 5.46. The minimum atomic E-state index is -0.115. The van der Waals surface area contributed by atoms with Gasteiger partial charge in [0.05, 0.1) is 19.5 Å². The fourth-order valence-electron chi connectivity index (χ4n) is 4.27. The molecule has 0 N–H and O–H groups in total. The van der Waals surface area contributed by atoms with Crippen LogP contribution in [0.5, 0.6) is 5.75 Å². The van der Waals surface area contributed by atoms with Gasteiger partial charge in [0.25, 0.3) is 0 Å². The van der Waals surface area contributed by atoms with E-state index in [0.717, 1.165) is 33.7 Å². The molecule has 0 aliphatic carbocycles. The Balaban J connectivity index is 1.54. The normalized spacial score (nSPS) is 13.1. The molecule has 0 unspecified atom stereocenters. The molecule has 0 spiro atoms. The number of amides is 2. The van der Waals surface area contributed by atoms with Crippen LogP contribution in [0.25, 0.3) is 0 Å². The maximum absolute atomic E-state index is 13.1. The maximum atomic E-state index is 13.1. The molecule has 3 aromatic rings. The lowest BCUT2D eigenvalue weighted by Crippen LogP contribution is -2.34. The molecule has 5 nitrogen and oxygen atoms in total. The number of ether oxygens (including phenoxy) is 1. The third-order valence-electron chi connectivity index (χ3n) is 6.38. The summed E-state index contributed by atoms with van der Waals surface area (Å²) in [5, 5.41) is 0. The Kier molecular flexibility index (Phi) is 7.54. The summed E-state index contributed by atoms with van der Waals surface area (Å²) in [5.41, 5.74) is 6.22. The molecule has 4 rings (SSSR count). The summed E-state index contributed by atoms with van der Waals surface area (Å²) in [4.78, 5) is 29.8. The quantitative estimate of drug-likeness (QED) is 0.481. The molecule has 35 heavy (non-hydrogen) atoms. The summed E-state index contributed by atoms with van der Waals surface area (Å²) in [7, 11) is 0. The highest BCUT2D eigenvalue weighted by Gasteiger charge is 2.23. The van der Waals surface area contributed by atoms with Gasteiger partial charge in [0, 0.05) is 23.7 Å². The maximum Gasteiger partial charge on any atom is 0.229 e. The molecule has 0 aromatic heterocycles. The number of fused-ring (bicyclic) bond motifs is 1.